The Hall–Kier alpha value is -0.910. The summed E-state index contributed by atoms with van der Waals surface area (Å²) in [5, 5.41) is 0. The van der Waals surface area contributed by atoms with Gasteiger partial charge in [0.25, 0.3) is 0 Å². The molecule has 0 fully saturated rings. The molecule has 1 atom stereocenters. The molecular weight excluding hydrogens is 214 g/mol. The highest BCUT2D eigenvalue weighted by Gasteiger charge is 2.24. The minimum atomic E-state index is -0.287. The van der Waals surface area contributed by atoms with Crippen molar-refractivity contribution in [3.05, 3.63) is 21.4 Å². The summed E-state index contributed by atoms with van der Waals surface area (Å²) in [7, 11) is 1.39. The van der Waals surface area contributed by atoms with Gasteiger partial charge in [-0.3, -0.25) is 0 Å². The Balaban J connectivity index is 2.33. The third-order valence-electron chi connectivity index (χ3n) is 2.44. The van der Waals surface area contributed by atoms with Gasteiger partial charge < -0.3 is 15.2 Å². The van der Waals surface area contributed by atoms with E-state index < -0.39 is 0 Å². The number of carbonyl (C=O) groups is 1. The Morgan fingerprint density at radius 2 is 2.60 bits per heavy atom. The van der Waals surface area contributed by atoms with Crippen LogP contribution in [0.3, 0.4) is 0 Å². The number of fused-ring (bicyclic) bond motifs is 1. The van der Waals surface area contributed by atoms with Gasteiger partial charge in [-0.25, -0.2) is 4.79 Å². The summed E-state index contributed by atoms with van der Waals surface area (Å²) in [4.78, 5) is 13.2. The maximum absolute atomic E-state index is 11.3. The van der Waals surface area contributed by atoms with Crippen molar-refractivity contribution in [1.29, 1.82) is 0 Å². The molecule has 0 radical (unpaired) electrons. The van der Waals surface area contributed by atoms with E-state index in [-0.39, 0.29) is 12.1 Å². The van der Waals surface area contributed by atoms with Crippen LogP contribution < -0.4 is 5.73 Å². The lowest BCUT2D eigenvalue weighted by molar-refractivity contribution is 0.0497. The average molecular weight is 227 g/mol. The van der Waals surface area contributed by atoms with Gasteiger partial charge in [0.05, 0.1) is 19.8 Å². The van der Waals surface area contributed by atoms with E-state index in [1.54, 1.807) is 0 Å². The SMILES string of the molecule is COC(=O)c1cc2c(s1)CCOC2CN. The Morgan fingerprint density at radius 1 is 1.80 bits per heavy atom. The van der Waals surface area contributed by atoms with Gasteiger partial charge in [0.15, 0.2) is 0 Å². The minimum Gasteiger partial charge on any atom is -0.465 e. The number of ether oxygens (including phenoxy) is 2. The molecule has 5 heteroatoms. The number of thiophene rings is 1. The van der Waals surface area contributed by atoms with Crippen LogP contribution in [0.4, 0.5) is 0 Å². The van der Waals surface area contributed by atoms with Gasteiger partial charge in [-0.05, 0) is 11.6 Å². The van der Waals surface area contributed by atoms with Gasteiger partial charge in [0.1, 0.15) is 4.88 Å². The van der Waals surface area contributed by atoms with Gasteiger partial charge in [-0.15, -0.1) is 11.3 Å². The normalized spacial score (nSPS) is 19.7. The second kappa shape index (κ2) is 4.30. The summed E-state index contributed by atoms with van der Waals surface area (Å²) < 4.78 is 10.2. The first-order valence-electron chi connectivity index (χ1n) is 4.79. The van der Waals surface area contributed by atoms with Crippen molar-refractivity contribution >= 4 is 17.3 Å². The lowest BCUT2D eigenvalue weighted by Gasteiger charge is -2.21. The molecular formula is C10H13NO3S. The maximum atomic E-state index is 11.3. The van der Waals surface area contributed by atoms with E-state index in [2.05, 4.69) is 4.74 Å². The van der Waals surface area contributed by atoms with Crippen molar-refractivity contribution in [2.75, 3.05) is 20.3 Å². The second-order valence-corrected chi connectivity index (χ2v) is 4.46. The predicted octanol–water partition coefficient (Wildman–Crippen LogP) is 1.11. The first-order valence-corrected chi connectivity index (χ1v) is 5.60. The average Bonchev–Trinajstić information content (AvgIpc) is 2.71. The van der Waals surface area contributed by atoms with Crippen LogP contribution in [-0.2, 0) is 15.9 Å². The zero-order chi connectivity index (χ0) is 10.8. The zero-order valence-electron chi connectivity index (χ0n) is 8.49. The van der Waals surface area contributed by atoms with E-state index in [9.17, 15) is 4.79 Å². The fourth-order valence-electron chi connectivity index (χ4n) is 1.69. The molecule has 2 rings (SSSR count). The van der Waals surface area contributed by atoms with Crippen LogP contribution in [0, 0.1) is 0 Å². The summed E-state index contributed by atoms with van der Waals surface area (Å²) >= 11 is 1.48. The summed E-state index contributed by atoms with van der Waals surface area (Å²) in [6.07, 6.45) is 0.788. The molecule has 82 valence electrons. The Kier molecular flexibility index (Phi) is 3.04. The van der Waals surface area contributed by atoms with E-state index in [4.69, 9.17) is 10.5 Å². The smallest absolute Gasteiger partial charge is 0.348 e. The second-order valence-electron chi connectivity index (χ2n) is 3.33. The summed E-state index contributed by atoms with van der Waals surface area (Å²) in [6.45, 7) is 1.13. The highest BCUT2D eigenvalue weighted by Crippen LogP contribution is 2.33. The zero-order valence-corrected chi connectivity index (χ0v) is 9.30. The molecule has 2 N–H and O–H groups in total. The summed E-state index contributed by atoms with van der Waals surface area (Å²) in [5.74, 6) is -0.287. The van der Waals surface area contributed by atoms with E-state index in [1.165, 1.54) is 23.3 Å². The quantitative estimate of drug-likeness (QED) is 0.769. The first-order chi connectivity index (χ1) is 7.26. The molecule has 1 aliphatic rings. The van der Waals surface area contributed by atoms with Crippen molar-refractivity contribution < 1.29 is 14.3 Å². The van der Waals surface area contributed by atoms with E-state index in [0.29, 0.717) is 18.0 Å². The number of methoxy groups -OCH3 is 1. The van der Waals surface area contributed by atoms with Crippen LogP contribution in [0.5, 0.6) is 0 Å². The van der Waals surface area contributed by atoms with Crippen molar-refractivity contribution in [2.45, 2.75) is 12.5 Å². The molecule has 0 saturated heterocycles. The van der Waals surface area contributed by atoms with E-state index in [1.807, 2.05) is 6.07 Å². The van der Waals surface area contributed by atoms with E-state index >= 15 is 0 Å². The molecule has 0 bridgehead atoms. The van der Waals surface area contributed by atoms with Crippen LogP contribution in [0.25, 0.3) is 0 Å². The first kappa shape index (κ1) is 10.6. The fraction of sp³-hybridized carbons (Fsp3) is 0.500. The molecule has 0 saturated carbocycles. The van der Waals surface area contributed by atoms with Crippen molar-refractivity contribution in [1.82, 2.24) is 0 Å². The predicted molar refractivity (Wildman–Crippen MR) is 57.1 cm³/mol. The minimum absolute atomic E-state index is 0.0663. The summed E-state index contributed by atoms with van der Waals surface area (Å²) in [5.41, 5.74) is 6.65. The number of rotatable bonds is 2. The fourth-order valence-corrected chi connectivity index (χ4v) is 2.80. The molecule has 15 heavy (non-hydrogen) atoms. The topological polar surface area (TPSA) is 61.5 Å². The molecule has 0 amide bonds. The molecule has 1 aromatic rings. The molecule has 1 aromatic heterocycles. The summed E-state index contributed by atoms with van der Waals surface area (Å²) in [6, 6.07) is 1.84. The molecule has 0 spiro atoms. The van der Waals surface area contributed by atoms with Crippen molar-refractivity contribution in [3.8, 4) is 0 Å². The van der Waals surface area contributed by atoms with Gasteiger partial charge >= 0.3 is 5.97 Å². The number of hydrogen-bond acceptors (Lipinski definition) is 5. The van der Waals surface area contributed by atoms with Crippen molar-refractivity contribution in [3.63, 3.8) is 0 Å². The van der Waals surface area contributed by atoms with Crippen LogP contribution in [0.15, 0.2) is 6.07 Å². The van der Waals surface area contributed by atoms with Crippen LogP contribution in [0.2, 0.25) is 0 Å². The number of nitrogens with two attached hydrogens (primary N) is 1. The Bertz CT molecular complexity index is 375. The maximum Gasteiger partial charge on any atom is 0.348 e. The van der Waals surface area contributed by atoms with Crippen molar-refractivity contribution in [2.24, 2.45) is 5.73 Å². The standard InChI is InChI=1S/C10H13NO3S/c1-13-10(12)9-4-6-7(5-11)14-3-2-8(6)15-9/h4,7H,2-3,5,11H2,1H3. The molecule has 1 unspecified atom stereocenters. The van der Waals surface area contributed by atoms with Crippen LogP contribution in [-0.4, -0.2) is 26.2 Å². The van der Waals surface area contributed by atoms with Crippen LogP contribution >= 0.6 is 11.3 Å². The van der Waals surface area contributed by atoms with E-state index in [0.717, 1.165) is 12.0 Å². The Labute approximate surface area is 92.0 Å². The Morgan fingerprint density at radius 3 is 3.27 bits per heavy atom. The van der Waals surface area contributed by atoms with Crippen LogP contribution in [0.1, 0.15) is 26.2 Å². The van der Waals surface area contributed by atoms with Gasteiger partial charge in [0, 0.05) is 17.8 Å². The highest BCUT2D eigenvalue weighted by atomic mass is 32.1. The lowest BCUT2D eigenvalue weighted by Crippen LogP contribution is -2.21. The molecule has 0 aromatic carbocycles. The van der Waals surface area contributed by atoms with Gasteiger partial charge in [-0.1, -0.05) is 0 Å². The number of esters is 1. The monoisotopic (exact) mass is 227 g/mol. The molecule has 4 nitrogen and oxygen atoms in total. The molecule has 1 aliphatic heterocycles. The third kappa shape index (κ3) is 1.90. The van der Waals surface area contributed by atoms with Gasteiger partial charge in [0.2, 0.25) is 0 Å². The lowest BCUT2D eigenvalue weighted by atomic mass is 10.1. The number of hydrogen-bond donors (Lipinski definition) is 1. The number of carbonyl (C=O) groups excluding carboxylic acids is 1. The molecule has 2 heterocycles. The highest BCUT2D eigenvalue weighted by molar-refractivity contribution is 7.14. The molecule has 0 aliphatic carbocycles. The third-order valence-corrected chi connectivity index (χ3v) is 3.63. The van der Waals surface area contributed by atoms with Gasteiger partial charge in [-0.2, -0.15) is 0 Å². The largest absolute Gasteiger partial charge is 0.465 e.